The van der Waals surface area contributed by atoms with Crippen molar-refractivity contribution in [2.75, 3.05) is 18.0 Å². The second-order valence-electron chi connectivity index (χ2n) is 3.99. The molecule has 0 bridgehead atoms. The van der Waals surface area contributed by atoms with Crippen molar-refractivity contribution in [2.45, 2.75) is 26.4 Å². The van der Waals surface area contributed by atoms with Crippen LogP contribution in [0, 0.1) is 5.41 Å². The van der Waals surface area contributed by atoms with Crippen LogP contribution in [-0.4, -0.2) is 32.3 Å². The summed E-state index contributed by atoms with van der Waals surface area (Å²) in [5, 5.41) is 9.52. The first-order valence-electron chi connectivity index (χ1n) is 3.96. The Kier molecular flexibility index (Phi) is 3.17. The molecule has 0 aromatic carbocycles. The molecule has 0 aliphatic carbocycles. The number of aliphatic hydroxyl groups is 1. The third-order valence-corrected chi connectivity index (χ3v) is 4.14. The van der Waals surface area contributed by atoms with Crippen LogP contribution in [-0.2, 0) is 0 Å². The van der Waals surface area contributed by atoms with E-state index in [0.29, 0.717) is 5.41 Å². The Labute approximate surface area is 79.6 Å². The Morgan fingerprint density at radius 2 is 2.18 bits per heavy atom. The first kappa shape index (κ1) is 9.74. The number of piperidine rings is 1. The monoisotopic (exact) mass is 270 g/mol. The quantitative estimate of drug-likeness (QED) is 0.329. The van der Waals surface area contributed by atoms with E-state index in [9.17, 15) is 5.11 Å². The number of hydrogen-bond acceptors (Lipinski definition) is 2. The van der Waals surface area contributed by atoms with Crippen molar-refractivity contribution in [3.8, 4) is 0 Å². The van der Waals surface area contributed by atoms with Gasteiger partial charge in [0.25, 0.3) is 0 Å². The van der Waals surface area contributed by atoms with Gasteiger partial charge in [-0.1, -0.05) is 0 Å². The van der Waals surface area contributed by atoms with E-state index in [1.54, 1.807) is 0 Å². The summed E-state index contributed by atoms with van der Waals surface area (Å²) in [5.41, 5.74) is 0.327. The van der Waals surface area contributed by atoms with Crippen molar-refractivity contribution in [2.24, 2.45) is 5.41 Å². The van der Waals surface area contributed by atoms with E-state index >= 15 is 0 Å². The van der Waals surface area contributed by atoms with Crippen molar-refractivity contribution in [1.82, 2.24) is 3.11 Å². The predicted octanol–water partition coefficient (Wildman–Crippen LogP) is -2.29. The molecule has 1 saturated heterocycles. The summed E-state index contributed by atoms with van der Waals surface area (Å²) in [4.78, 5) is 2.26. The molecule has 0 unspecified atom stereocenters. The molecule has 68 valence electrons. The van der Waals surface area contributed by atoms with Crippen LogP contribution in [0.4, 0.5) is 0 Å². The SMILES string of the molecule is C[I-]N1C[C@H](O)CC(C)(C)C1. The van der Waals surface area contributed by atoms with Crippen molar-refractivity contribution < 1.29 is 26.6 Å². The molecule has 1 aliphatic heterocycles. The number of rotatable bonds is 1. The Bertz CT molecular complexity index is 138. The molecule has 0 spiro atoms. The Morgan fingerprint density at radius 1 is 1.55 bits per heavy atom. The van der Waals surface area contributed by atoms with Crippen molar-refractivity contribution >= 4 is 0 Å². The first-order chi connectivity index (χ1) is 5.03. The van der Waals surface area contributed by atoms with E-state index in [1.165, 1.54) is 6.54 Å². The normalized spacial score (nSPS) is 32.5. The number of alkyl halides is 1. The van der Waals surface area contributed by atoms with Crippen LogP contribution >= 0.6 is 0 Å². The summed E-state index contributed by atoms with van der Waals surface area (Å²) in [5.74, 6) is 0. The molecule has 1 aliphatic rings. The molecule has 0 aromatic heterocycles. The van der Waals surface area contributed by atoms with Crippen LogP contribution < -0.4 is 21.5 Å². The molecule has 1 N–H and O–H groups in total. The summed E-state index contributed by atoms with van der Waals surface area (Å²) in [6, 6.07) is 0. The maximum atomic E-state index is 9.52. The summed E-state index contributed by atoms with van der Waals surface area (Å²) in [7, 11) is 0. The third kappa shape index (κ3) is 2.87. The van der Waals surface area contributed by atoms with Gasteiger partial charge >= 0.3 is 79.5 Å². The second-order valence-corrected chi connectivity index (χ2v) is 6.32. The van der Waals surface area contributed by atoms with Crippen LogP contribution in [0.3, 0.4) is 0 Å². The zero-order valence-corrected chi connectivity index (χ0v) is 9.63. The summed E-state index contributed by atoms with van der Waals surface area (Å²) in [6.07, 6.45) is 0.881. The topological polar surface area (TPSA) is 23.5 Å². The second kappa shape index (κ2) is 3.58. The van der Waals surface area contributed by atoms with Gasteiger partial charge in [0.1, 0.15) is 0 Å². The van der Waals surface area contributed by atoms with Crippen LogP contribution in [0.1, 0.15) is 20.3 Å². The van der Waals surface area contributed by atoms with Gasteiger partial charge in [-0.3, -0.25) is 0 Å². The third-order valence-electron chi connectivity index (χ3n) is 2.04. The summed E-state index contributed by atoms with van der Waals surface area (Å²) in [6.45, 7) is 6.56. The van der Waals surface area contributed by atoms with E-state index in [1.807, 2.05) is 0 Å². The molecule has 0 amide bonds. The van der Waals surface area contributed by atoms with E-state index in [-0.39, 0.29) is 27.6 Å². The van der Waals surface area contributed by atoms with Gasteiger partial charge in [-0.15, -0.1) is 0 Å². The molecule has 0 saturated carbocycles. The molecule has 1 heterocycles. The van der Waals surface area contributed by atoms with Crippen LogP contribution in [0.2, 0.25) is 0 Å². The molecular weight excluding hydrogens is 253 g/mol. The number of aliphatic hydroxyl groups excluding tert-OH is 1. The van der Waals surface area contributed by atoms with Gasteiger partial charge < -0.3 is 0 Å². The number of nitrogens with zero attached hydrogens (tertiary/aromatic N) is 1. The Balaban J connectivity index is 2.51. The molecule has 3 heteroatoms. The number of halogens is 1. The zero-order chi connectivity index (χ0) is 8.48. The zero-order valence-electron chi connectivity index (χ0n) is 7.47. The fraction of sp³-hybridized carbons (Fsp3) is 1.00. The standard InChI is InChI=1S/C8H17INO/c1-8(2)4-7(11)5-10(6-8)9-3/h7,11H,4-6H2,1-3H3/q-1/t7-/m1/s1. The van der Waals surface area contributed by atoms with Gasteiger partial charge in [-0.25, -0.2) is 0 Å². The predicted molar refractivity (Wildman–Crippen MR) is 41.9 cm³/mol. The van der Waals surface area contributed by atoms with E-state index in [0.717, 1.165) is 13.0 Å². The average Bonchev–Trinajstić information content (AvgIpc) is 1.83. The Hall–Kier alpha value is 0.650. The maximum absolute atomic E-state index is 9.52. The fourth-order valence-electron chi connectivity index (χ4n) is 1.65. The van der Waals surface area contributed by atoms with Crippen molar-refractivity contribution in [3.05, 3.63) is 0 Å². The minimum absolute atomic E-state index is 0.0848. The average molecular weight is 270 g/mol. The number of β-amino-alcohol motifs (C(OH)–C–C–N with tert-alkyl or cyclic N) is 1. The van der Waals surface area contributed by atoms with Crippen molar-refractivity contribution in [1.29, 1.82) is 0 Å². The fourth-order valence-corrected chi connectivity index (χ4v) is 3.77. The van der Waals surface area contributed by atoms with Crippen LogP contribution in [0.15, 0.2) is 0 Å². The molecule has 1 atom stereocenters. The van der Waals surface area contributed by atoms with Crippen LogP contribution in [0.5, 0.6) is 0 Å². The van der Waals surface area contributed by atoms with Crippen LogP contribution in [0.25, 0.3) is 0 Å². The molecule has 0 aromatic rings. The molecule has 1 fully saturated rings. The van der Waals surface area contributed by atoms with E-state index in [4.69, 9.17) is 0 Å². The number of hydrogen-bond donors (Lipinski definition) is 1. The van der Waals surface area contributed by atoms with Gasteiger partial charge in [-0.2, -0.15) is 0 Å². The molecular formula is C8H17INO-. The molecule has 11 heavy (non-hydrogen) atoms. The molecule has 0 radical (unpaired) electrons. The molecule has 2 nitrogen and oxygen atoms in total. The minimum atomic E-state index is -0.0848. The van der Waals surface area contributed by atoms with Gasteiger partial charge in [0.15, 0.2) is 0 Å². The van der Waals surface area contributed by atoms with E-state index in [2.05, 4.69) is 21.9 Å². The van der Waals surface area contributed by atoms with E-state index < -0.39 is 0 Å². The van der Waals surface area contributed by atoms with Crippen molar-refractivity contribution in [3.63, 3.8) is 0 Å². The first-order valence-corrected chi connectivity index (χ1v) is 7.08. The van der Waals surface area contributed by atoms with Gasteiger partial charge in [-0.05, 0) is 0 Å². The summed E-state index contributed by atoms with van der Waals surface area (Å²) < 4.78 is 2.42. The van der Waals surface area contributed by atoms with Gasteiger partial charge in [0, 0.05) is 0 Å². The molecule has 1 rings (SSSR count). The van der Waals surface area contributed by atoms with Gasteiger partial charge in [0.2, 0.25) is 0 Å². The Morgan fingerprint density at radius 3 is 2.64 bits per heavy atom. The van der Waals surface area contributed by atoms with Gasteiger partial charge in [0.05, 0.1) is 0 Å². The summed E-state index contributed by atoms with van der Waals surface area (Å²) >= 11 is 0.173.